The molecule has 0 radical (unpaired) electrons. The van der Waals surface area contributed by atoms with Gasteiger partial charge in [-0.15, -0.1) is 0 Å². The van der Waals surface area contributed by atoms with Gasteiger partial charge in [-0.2, -0.15) is 0 Å². The fourth-order valence-electron chi connectivity index (χ4n) is 1.16. The summed E-state index contributed by atoms with van der Waals surface area (Å²) in [6.07, 6.45) is 0.460. The first-order chi connectivity index (χ1) is 6.46. The number of benzene rings is 1. The van der Waals surface area contributed by atoms with E-state index in [1.165, 1.54) is 0 Å². The second-order valence-electron chi connectivity index (χ2n) is 3.69. The van der Waals surface area contributed by atoms with Gasteiger partial charge in [0.1, 0.15) is 0 Å². The molecule has 1 atom stereocenters. The largest absolute Gasteiger partial charge is 0.394 e. The summed E-state index contributed by atoms with van der Waals surface area (Å²) in [5.41, 5.74) is 5.92. The molecule has 0 aliphatic carbocycles. The van der Waals surface area contributed by atoms with E-state index in [4.69, 9.17) is 34.0 Å². The number of halogens is 2. The van der Waals surface area contributed by atoms with Gasteiger partial charge in [-0.25, -0.2) is 0 Å². The van der Waals surface area contributed by atoms with Crippen LogP contribution in [0.25, 0.3) is 0 Å². The molecule has 3 N–H and O–H groups in total. The molecule has 0 fully saturated rings. The summed E-state index contributed by atoms with van der Waals surface area (Å²) in [5.74, 6) is 0. The minimum Gasteiger partial charge on any atom is -0.394 e. The van der Waals surface area contributed by atoms with Crippen LogP contribution in [0.4, 0.5) is 0 Å². The van der Waals surface area contributed by atoms with Gasteiger partial charge >= 0.3 is 0 Å². The fraction of sp³-hybridized carbons (Fsp3) is 0.400. The third kappa shape index (κ3) is 2.85. The standard InChI is InChI=1S/C10H13Cl2NO/c1-10(13,6-14)5-7-8(11)3-2-4-9(7)12/h2-4,14H,5-6,13H2,1H3. The Morgan fingerprint density at radius 1 is 1.36 bits per heavy atom. The SMILES string of the molecule is CC(N)(CO)Cc1c(Cl)cccc1Cl. The van der Waals surface area contributed by atoms with Crippen LogP contribution in [0, 0.1) is 0 Å². The molecule has 0 aromatic heterocycles. The van der Waals surface area contributed by atoms with Gasteiger partial charge in [0.2, 0.25) is 0 Å². The van der Waals surface area contributed by atoms with Gasteiger partial charge in [0, 0.05) is 15.6 Å². The molecule has 4 heteroatoms. The molecule has 14 heavy (non-hydrogen) atoms. The van der Waals surface area contributed by atoms with Crippen LogP contribution in [0.5, 0.6) is 0 Å². The lowest BCUT2D eigenvalue weighted by molar-refractivity contribution is 0.208. The number of nitrogens with two attached hydrogens (primary N) is 1. The van der Waals surface area contributed by atoms with E-state index in [0.29, 0.717) is 16.5 Å². The van der Waals surface area contributed by atoms with Crippen LogP contribution in [0.1, 0.15) is 12.5 Å². The third-order valence-corrected chi connectivity index (χ3v) is 2.71. The van der Waals surface area contributed by atoms with Crippen molar-refractivity contribution in [3.63, 3.8) is 0 Å². The van der Waals surface area contributed by atoms with Crippen LogP contribution >= 0.6 is 23.2 Å². The minimum atomic E-state index is -0.686. The van der Waals surface area contributed by atoms with E-state index in [9.17, 15) is 0 Å². The molecule has 1 aromatic rings. The van der Waals surface area contributed by atoms with Crippen molar-refractivity contribution >= 4 is 23.2 Å². The molecule has 1 unspecified atom stereocenters. The maximum absolute atomic E-state index is 9.03. The van der Waals surface area contributed by atoms with Crippen LogP contribution < -0.4 is 5.73 Å². The second kappa shape index (κ2) is 4.49. The van der Waals surface area contributed by atoms with Crippen molar-refractivity contribution in [3.8, 4) is 0 Å². The molecule has 0 saturated carbocycles. The van der Waals surface area contributed by atoms with Gasteiger partial charge in [0.05, 0.1) is 6.61 Å². The minimum absolute atomic E-state index is 0.103. The maximum Gasteiger partial charge on any atom is 0.0611 e. The van der Waals surface area contributed by atoms with Crippen molar-refractivity contribution in [2.75, 3.05) is 6.61 Å². The van der Waals surface area contributed by atoms with E-state index >= 15 is 0 Å². The Bertz CT molecular complexity index is 306. The summed E-state index contributed by atoms with van der Waals surface area (Å²) < 4.78 is 0. The number of hydrogen-bond acceptors (Lipinski definition) is 2. The lowest BCUT2D eigenvalue weighted by Gasteiger charge is -2.22. The Hall–Kier alpha value is -0.280. The zero-order valence-electron chi connectivity index (χ0n) is 7.93. The molecule has 0 aliphatic rings. The zero-order valence-corrected chi connectivity index (χ0v) is 9.44. The highest BCUT2D eigenvalue weighted by atomic mass is 35.5. The fourth-order valence-corrected chi connectivity index (χ4v) is 1.69. The van der Waals surface area contributed by atoms with Crippen LogP contribution in [-0.4, -0.2) is 17.3 Å². The van der Waals surface area contributed by atoms with Crippen LogP contribution in [0.15, 0.2) is 18.2 Å². The lowest BCUT2D eigenvalue weighted by atomic mass is 9.95. The van der Waals surface area contributed by atoms with Gasteiger partial charge in [0.15, 0.2) is 0 Å². The maximum atomic E-state index is 9.03. The van der Waals surface area contributed by atoms with E-state index in [0.717, 1.165) is 5.56 Å². The monoisotopic (exact) mass is 233 g/mol. The summed E-state index contributed by atoms with van der Waals surface area (Å²) >= 11 is 11.9. The molecule has 0 bridgehead atoms. The van der Waals surface area contributed by atoms with Crippen molar-refractivity contribution < 1.29 is 5.11 Å². The van der Waals surface area contributed by atoms with Crippen LogP contribution in [-0.2, 0) is 6.42 Å². The Morgan fingerprint density at radius 2 is 1.86 bits per heavy atom. The predicted octanol–water partition coefficient (Wildman–Crippen LogP) is 2.25. The Kier molecular flexibility index (Phi) is 3.78. The molecule has 78 valence electrons. The Morgan fingerprint density at radius 3 is 2.29 bits per heavy atom. The lowest BCUT2D eigenvalue weighted by Crippen LogP contribution is -2.42. The van der Waals surface area contributed by atoms with E-state index in [-0.39, 0.29) is 6.61 Å². The second-order valence-corrected chi connectivity index (χ2v) is 4.50. The molecule has 0 aliphatic heterocycles. The van der Waals surface area contributed by atoms with Gasteiger partial charge in [-0.05, 0) is 31.0 Å². The van der Waals surface area contributed by atoms with E-state index in [1.54, 1.807) is 25.1 Å². The predicted molar refractivity (Wildman–Crippen MR) is 59.8 cm³/mol. The molecule has 1 aromatic carbocycles. The molecule has 0 amide bonds. The molecular weight excluding hydrogens is 221 g/mol. The van der Waals surface area contributed by atoms with Crippen molar-refractivity contribution in [2.45, 2.75) is 18.9 Å². The highest BCUT2D eigenvalue weighted by molar-refractivity contribution is 6.36. The average molecular weight is 234 g/mol. The van der Waals surface area contributed by atoms with Gasteiger partial charge in [-0.1, -0.05) is 29.3 Å². The summed E-state index contributed by atoms with van der Waals surface area (Å²) in [4.78, 5) is 0. The average Bonchev–Trinajstić information content (AvgIpc) is 2.12. The molecule has 0 spiro atoms. The van der Waals surface area contributed by atoms with E-state index < -0.39 is 5.54 Å². The summed E-state index contributed by atoms with van der Waals surface area (Å²) in [7, 11) is 0. The van der Waals surface area contributed by atoms with E-state index in [1.807, 2.05) is 0 Å². The number of rotatable bonds is 3. The molecule has 2 nitrogen and oxygen atoms in total. The van der Waals surface area contributed by atoms with Crippen molar-refractivity contribution in [2.24, 2.45) is 5.73 Å². The summed E-state index contributed by atoms with van der Waals surface area (Å²) in [6.45, 7) is 1.65. The number of hydrogen-bond donors (Lipinski definition) is 2. The zero-order chi connectivity index (χ0) is 10.8. The smallest absolute Gasteiger partial charge is 0.0611 e. The molecule has 0 saturated heterocycles. The first kappa shape index (κ1) is 11.8. The van der Waals surface area contributed by atoms with Crippen LogP contribution in [0.3, 0.4) is 0 Å². The van der Waals surface area contributed by atoms with Gasteiger partial charge < -0.3 is 10.8 Å². The quantitative estimate of drug-likeness (QED) is 0.842. The van der Waals surface area contributed by atoms with Gasteiger partial charge in [0.25, 0.3) is 0 Å². The summed E-state index contributed by atoms with van der Waals surface area (Å²) in [5, 5.41) is 10.2. The normalized spacial score (nSPS) is 15.2. The van der Waals surface area contributed by atoms with Crippen molar-refractivity contribution in [1.82, 2.24) is 0 Å². The summed E-state index contributed by atoms with van der Waals surface area (Å²) in [6, 6.07) is 5.30. The number of aliphatic hydroxyl groups is 1. The molecular formula is C10H13Cl2NO. The highest BCUT2D eigenvalue weighted by Crippen LogP contribution is 2.27. The van der Waals surface area contributed by atoms with E-state index in [2.05, 4.69) is 0 Å². The first-order valence-electron chi connectivity index (χ1n) is 4.29. The third-order valence-electron chi connectivity index (χ3n) is 2.00. The van der Waals surface area contributed by atoms with Crippen molar-refractivity contribution in [1.29, 1.82) is 0 Å². The van der Waals surface area contributed by atoms with Gasteiger partial charge in [-0.3, -0.25) is 0 Å². The van der Waals surface area contributed by atoms with Crippen LogP contribution in [0.2, 0.25) is 10.0 Å². The molecule has 0 heterocycles. The molecule has 1 rings (SSSR count). The first-order valence-corrected chi connectivity index (χ1v) is 5.04. The van der Waals surface area contributed by atoms with Crippen molar-refractivity contribution in [3.05, 3.63) is 33.8 Å². The number of aliphatic hydroxyl groups excluding tert-OH is 1. The topological polar surface area (TPSA) is 46.2 Å². The Labute approximate surface area is 93.6 Å². The highest BCUT2D eigenvalue weighted by Gasteiger charge is 2.20. The Balaban J connectivity index is 2.97.